The van der Waals surface area contributed by atoms with Crippen molar-refractivity contribution in [3.8, 4) is 5.75 Å². The lowest BCUT2D eigenvalue weighted by atomic mass is 9.89. The number of carbonyl (C=O) groups excluding carboxylic acids is 1. The summed E-state index contributed by atoms with van der Waals surface area (Å²) in [6.07, 6.45) is -2.53. The van der Waals surface area contributed by atoms with Gasteiger partial charge in [0.05, 0.1) is 16.6 Å². The maximum atomic E-state index is 12.9. The first-order chi connectivity index (χ1) is 13.6. The Kier molecular flexibility index (Phi) is 5.83. The lowest BCUT2D eigenvalue weighted by molar-refractivity contribution is -0.137. The molecule has 1 unspecified atom stereocenters. The summed E-state index contributed by atoms with van der Waals surface area (Å²) in [6, 6.07) is 4.75. The standard InChI is InChI=1S/C18H15ClF3N3O4/c19-12-2-1-9(7-11(12)18(20,21)22)24-17(28)25-13-3-4-15(13)29-10-5-6-23-14(8-10)16(26)27/h1-2,5-8,13,15H,3-4H2,(H,26,27)(H2,24,25,28)/t13?,15-/m1/s1. The molecule has 0 spiro atoms. The fourth-order valence-corrected chi connectivity index (χ4v) is 2.93. The number of halogens is 4. The van der Waals surface area contributed by atoms with Crippen molar-refractivity contribution in [2.45, 2.75) is 31.2 Å². The maximum absolute atomic E-state index is 12.9. The fraction of sp³-hybridized carbons (Fsp3) is 0.278. The van der Waals surface area contributed by atoms with E-state index in [1.807, 2.05) is 0 Å². The molecular formula is C18H15ClF3N3O4. The second-order valence-electron chi connectivity index (χ2n) is 6.31. The summed E-state index contributed by atoms with van der Waals surface area (Å²) in [5.41, 5.74) is -1.28. The van der Waals surface area contributed by atoms with Crippen LogP contribution in [0.15, 0.2) is 36.5 Å². The number of hydrogen-bond acceptors (Lipinski definition) is 4. The predicted octanol–water partition coefficient (Wildman–Crippen LogP) is 4.18. The number of anilines is 1. The molecule has 0 radical (unpaired) electrons. The van der Waals surface area contributed by atoms with Crippen LogP contribution in [0, 0.1) is 0 Å². The number of rotatable bonds is 5. The fourth-order valence-electron chi connectivity index (χ4n) is 2.71. The highest BCUT2D eigenvalue weighted by Gasteiger charge is 2.35. The number of alkyl halides is 3. The van der Waals surface area contributed by atoms with Crippen LogP contribution in [0.1, 0.15) is 28.9 Å². The first kappa shape index (κ1) is 20.7. The summed E-state index contributed by atoms with van der Waals surface area (Å²) < 4.78 is 44.4. The maximum Gasteiger partial charge on any atom is 0.417 e. The minimum Gasteiger partial charge on any atom is -0.488 e. The van der Waals surface area contributed by atoms with Crippen LogP contribution in [0.5, 0.6) is 5.75 Å². The van der Waals surface area contributed by atoms with Gasteiger partial charge < -0.3 is 20.5 Å². The highest BCUT2D eigenvalue weighted by atomic mass is 35.5. The summed E-state index contributed by atoms with van der Waals surface area (Å²) in [4.78, 5) is 26.8. The molecule has 1 heterocycles. The normalized spacial score (nSPS) is 18.5. The molecule has 1 aliphatic rings. The second-order valence-corrected chi connectivity index (χ2v) is 6.72. The Morgan fingerprint density at radius 3 is 2.59 bits per heavy atom. The summed E-state index contributed by atoms with van der Waals surface area (Å²) in [5.74, 6) is -0.902. The molecule has 1 aromatic heterocycles. The number of nitrogens with one attached hydrogen (secondary N) is 2. The van der Waals surface area contributed by atoms with E-state index in [4.69, 9.17) is 21.4 Å². The van der Waals surface area contributed by atoms with Gasteiger partial charge in [-0.1, -0.05) is 11.6 Å². The van der Waals surface area contributed by atoms with Crippen LogP contribution in [0.4, 0.5) is 23.7 Å². The van der Waals surface area contributed by atoms with Crippen LogP contribution >= 0.6 is 11.6 Å². The van der Waals surface area contributed by atoms with E-state index in [2.05, 4.69) is 15.6 Å². The minimum absolute atomic E-state index is 0.0590. The molecule has 0 aliphatic heterocycles. The molecular weight excluding hydrogens is 415 g/mol. The van der Waals surface area contributed by atoms with E-state index in [-0.39, 0.29) is 17.4 Å². The molecule has 3 rings (SSSR count). The Labute approximate surface area is 167 Å². The highest BCUT2D eigenvalue weighted by molar-refractivity contribution is 6.31. The van der Waals surface area contributed by atoms with Crippen LogP contribution in [-0.4, -0.2) is 34.2 Å². The van der Waals surface area contributed by atoms with E-state index < -0.39 is 34.9 Å². The van der Waals surface area contributed by atoms with Crippen LogP contribution in [0.2, 0.25) is 5.02 Å². The zero-order valence-electron chi connectivity index (χ0n) is 14.7. The Morgan fingerprint density at radius 1 is 1.21 bits per heavy atom. The van der Waals surface area contributed by atoms with Gasteiger partial charge in [-0.25, -0.2) is 14.6 Å². The van der Waals surface area contributed by atoms with E-state index >= 15 is 0 Å². The lowest BCUT2D eigenvalue weighted by Crippen LogP contribution is -2.54. The Hall–Kier alpha value is -3.01. The van der Waals surface area contributed by atoms with Gasteiger partial charge in [0.2, 0.25) is 0 Å². The number of carbonyl (C=O) groups is 2. The van der Waals surface area contributed by atoms with Gasteiger partial charge in [0, 0.05) is 18.0 Å². The number of carboxylic acids is 1. The molecule has 2 aromatic rings. The van der Waals surface area contributed by atoms with Crippen molar-refractivity contribution in [3.05, 3.63) is 52.8 Å². The van der Waals surface area contributed by atoms with Crippen molar-refractivity contribution in [1.29, 1.82) is 0 Å². The number of pyridine rings is 1. The molecule has 1 aliphatic carbocycles. The molecule has 1 fully saturated rings. The number of nitrogens with zero attached hydrogens (tertiary/aromatic N) is 1. The number of carboxylic acid groups (broad SMARTS) is 1. The molecule has 29 heavy (non-hydrogen) atoms. The summed E-state index contributed by atoms with van der Waals surface area (Å²) in [6.45, 7) is 0. The number of amides is 2. The van der Waals surface area contributed by atoms with Crippen molar-refractivity contribution < 1.29 is 32.6 Å². The van der Waals surface area contributed by atoms with Crippen molar-refractivity contribution in [3.63, 3.8) is 0 Å². The molecule has 0 saturated heterocycles. The average molecular weight is 430 g/mol. The predicted molar refractivity (Wildman–Crippen MR) is 97.2 cm³/mol. The second kappa shape index (κ2) is 8.16. The monoisotopic (exact) mass is 429 g/mol. The van der Waals surface area contributed by atoms with E-state index in [0.29, 0.717) is 18.6 Å². The van der Waals surface area contributed by atoms with Crippen molar-refractivity contribution >= 4 is 29.3 Å². The summed E-state index contributed by atoms with van der Waals surface area (Å²) in [7, 11) is 0. The quantitative estimate of drug-likeness (QED) is 0.662. The van der Waals surface area contributed by atoms with Crippen molar-refractivity contribution in [2.75, 3.05) is 5.32 Å². The SMILES string of the molecule is O=C(Nc1ccc(Cl)c(C(F)(F)F)c1)NC1CC[C@H]1Oc1ccnc(C(=O)O)c1. The van der Waals surface area contributed by atoms with Gasteiger partial charge >= 0.3 is 18.2 Å². The summed E-state index contributed by atoms with van der Waals surface area (Å²) in [5, 5.41) is 13.4. The molecule has 11 heteroatoms. The Morgan fingerprint density at radius 2 is 1.97 bits per heavy atom. The van der Waals surface area contributed by atoms with Gasteiger partial charge in [-0.2, -0.15) is 13.2 Å². The van der Waals surface area contributed by atoms with Crippen molar-refractivity contribution in [2.24, 2.45) is 0 Å². The Bertz CT molecular complexity index is 939. The number of hydrogen-bond donors (Lipinski definition) is 3. The van der Waals surface area contributed by atoms with Crippen molar-refractivity contribution in [1.82, 2.24) is 10.3 Å². The third-order valence-corrected chi connectivity index (χ3v) is 4.62. The zero-order valence-corrected chi connectivity index (χ0v) is 15.4. The van der Waals surface area contributed by atoms with Gasteiger partial charge in [0.25, 0.3) is 0 Å². The summed E-state index contributed by atoms with van der Waals surface area (Å²) >= 11 is 5.55. The smallest absolute Gasteiger partial charge is 0.417 e. The number of aromatic carboxylic acids is 1. The van der Waals surface area contributed by atoms with Crippen LogP contribution < -0.4 is 15.4 Å². The molecule has 2 atom stereocenters. The van der Waals surface area contributed by atoms with Gasteiger partial charge in [0.1, 0.15) is 11.9 Å². The average Bonchev–Trinajstić information content (AvgIpc) is 2.64. The van der Waals surface area contributed by atoms with E-state index in [1.165, 1.54) is 24.4 Å². The van der Waals surface area contributed by atoms with E-state index in [1.54, 1.807) is 0 Å². The molecule has 154 valence electrons. The first-order valence-corrected chi connectivity index (χ1v) is 8.81. The van der Waals surface area contributed by atoms with Gasteiger partial charge in [-0.05, 0) is 37.1 Å². The third-order valence-electron chi connectivity index (χ3n) is 4.30. The first-order valence-electron chi connectivity index (χ1n) is 8.44. The minimum atomic E-state index is -4.64. The number of urea groups is 1. The van der Waals surface area contributed by atoms with E-state index in [0.717, 1.165) is 12.1 Å². The molecule has 7 nitrogen and oxygen atoms in total. The lowest BCUT2D eigenvalue weighted by Gasteiger charge is -2.37. The number of benzene rings is 1. The molecule has 3 N–H and O–H groups in total. The third kappa shape index (κ3) is 5.08. The highest BCUT2D eigenvalue weighted by Crippen LogP contribution is 2.36. The van der Waals surface area contributed by atoms with Gasteiger partial charge in [0.15, 0.2) is 5.69 Å². The Balaban J connectivity index is 1.59. The largest absolute Gasteiger partial charge is 0.488 e. The molecule has 1 saturated carbocycles. The zero-order chi connectivity index (χ0) is 21.2. The topological polar surface area (TPSA) is 101 Å². The van der Waals surface area contributed by atoms with Gasteiger partial charge in [-0.15, -0.1) is 0 Å². The molecule has 0 bridgehead atoms. The molecule has 1 aromatic carbocycles. The molecule has 2 amide bonds. The van der Waals surface area contributed by atoms with E-state index in [9.17, 15) is 22.8 Å². The number of aromatic nitrogens is 1. The van der Waals surface area contributed by atoms with Crippen LogP contribution in [0.3, 0.4) is 0 Å². The van der Waals surface area contributed by atoms with Gasteiger partial charge in [-0.3, -0.25) is 0 Å². The van der Waals surface area contributed by atoms with Crippen LogP contribution in [-0.2, 0) is 6.18 Å². The number of ether oxygens (including phenoxy) is 1. The van der Waals surface area contributed by atoms with Crippen LogP contribution in [0.25, 0.3) is 0 Å².